The second-order valence-electron chi connectivity index (χ2n) is 11.8. The summed E-state index contributed by atoms with van der Waals surface area (Å²) in [6, 6.07) is 18.3. The van der Waals surface area contributed by atoms with E-state index in [0.717, 1.165) is 24.7 Å². The molecule has 0 spiro atoms. The summed E-state index contributed by atoms with van der Waals surface area (Å²) in [5.74, 6) is 0.910. The fourth-order valence-corrected chi connectivity index (χ4v) is 7.28. The normalized spacial score (nSPS) is 16.8. The molecule has 0 radical (unpaired) electrons. The number of carbonyl (C=O) groups is 1. The van der Waals surface area contributed by atoms with Crippen LogP contribution in [0, 0.1) is 17.7 Å². The summed E-state index contributed by atoms with van der Waals surface area (Å²) in [5.41, 5.74) is 2.75. The smallest absolute Gasteiger partial charge is 0.320 e. The Morgan fingerprint density at radius 3 is 2.07 bits per heavy atom. The van der Waals surface area contributed by atoms with Crippen molar-refractivity contribution in [3.63, 3.8) is 0 Å². The van der Waals surface area contributed by atoms with Crippen molar-refractivity contribution >= 4 is 17.3 Å². The van der Waals surface area contributed by atoms with Crippen LogP contribution in [0.5, 0.6) is 0 Å². The molecule has 1 aromatic heterocycles. The van der Waals surface area contributed by atoms with Gasteiger partial charge >= 0.3 is 5.97 Å². The molecule has 1 aliphatic heterocycles. The average Bonchev–Trinajstić information content (AvgIpc) is 3.65. The first kappa shape index (κ1) is 33.9. The predicted molar refractivity (Wildman–Crippen MR) is 173 cm³/mol. The molecule has 1 saturated heterocycles. The molecular weight excluding hydrogens is 545 g/mol. The van der Waals surface area contributed by atoms with E-state index in [1.54, 1.807) is 30.1 Å². The van der Waals surface area contributed by atoms with Crippen LogP contribution in [0.1, 0.15) is 86.4 Å². The fraction of sp³-hybridized carbons (Fsp3) is 0.543. The summed E-state index contributed by atoms with van der Waals surface area (Å²) >= 11 is 1.99. The number of likely N-dealkylation sites (tertiary alicyclic amines) is 1. The molecule has 2 fully saturated rings. The summed E-state index contributed by atoms with van der Waals surface area (Å²) < 4.78 is 11.9. The largest absolute Gasteiger partial charge is 0.480 e. The number of benzene rings is 2. The number of likely N-dealkylation sites (N-methyl/N-ethyl adjacent to an activating group) is 1. The second kappa shape index (κ2) is 18.1. The Kier molecular flexibility index (Phi) is 14.6. The van der Waals surface area contributed by atoms with Gasteiger partial charge in [0.25, 0.3) is 0 Å². The van der Waals surface area contributed by atoms with Crippen molar-refractivity contribution in [2.24, 2.45) is 11.8 Å². The van der Waals surface area contributed by atoms with Crippen LogP contribution < -0.4 is 5.32 Å². The molecule has 5 nitrogen and oxygen atoms in total. The maximum Gasteiger partial charge on any atom is 0.320 e. The number of halogens is 1. The van der Waals surface area contributed by atoms with Gasteiger partial charge in [-0.2, -0.15) is 0 Å². The number of nitrogens with zero attached hydrogens (tertiary/aromatic N) is 2. The van der Waals surface area contributed by atoms with Crippen molar-refractivity contribution in [1.29, 1.82) is 0 Å². The van der Waals surface area contributed by atoms with Crippen LogP contribution in [0.15, 0.2) is 60.7 Å². The Bertz CT molecular complexity index is 1160. The molecule has 2 aliphatic rings. The molecule has 0 amide bonds. The van der Waals surface area contributed by atoms with Gasteiger partial charge in [-0.1, -0.05) is 82.1 Å². The molecule has 1 unspecified atom stereocenters. The highest BCUT2D eigenvalue weighted by Crippen LogP contribution is 2.36. The first-order chi connectivity index (χ1) is 20.3. The maximum absolute atomic E-state index is 11.9. The number of hydrogen-bond acceptors (Lipinski definition) is 5. The first-order valence-electron chi connectivity index (χ1n) is 15.7. The molecule has 1 saturated carbocycles. The molecule has 1 atom stereocenters. The van der Waals surface area contributed by atoms with E-state index >= 15 is 0 Å². The van der Waals surface area contributed by atoms with Crippen molar-refractivity contribution in [2.75, 3.05) is 26.7 Å². The van der Waals surface area contributed by atoms with Gasteiger partial charge in [-0.25, -0.2) is 9.37 Å². The number of carboxylic acid groups (broad SMARTS) is 1. The third-order valence-electron chi connectivity index (χ3n) is 8.23. The highest BCUT2D eigenvalue weighted by molar-refractivity contribution is 7.11. The molecule has 2 aromatic carbocycles. The molecule has 3 aromatic rings. The predicted octanol–water partition coefficient (Wildman–Crippen LogP) is 7.81. The van der Waals surface area contributed by atoms with Gasteiger partial charge in [-0.15, -0.1) is 11.3 Å². The highest BCUT2D eigenvalue weighted by atomic mass is 32.1. The Hall–Kier alpha value is -2.61. The summed E-state index contributed by atoms with van der Waals surface area (Å²) in [6.45, 7) is 9.94. The van der Waals surface area contributed by atoms with Gasteiger partial charge in [-0.3, -0.25) is 4.79 Å². The molecule has 2 heterocycles. The van der Waals surface area contributed by atoms with E-state index < -0.39 is 12.0 Å². The van der Waals surface area contributed by atoms with E-state index in [4.69, 9.17) is 10.1 Å². The third-order valence-corrected chi connectivity index (χ3v) is 9.49. The lowest BCUT2D eigenvalue weighted by Crippen LogP contribution is -2.38. The van der Waals surface area contributed by atoms with Crippen LogP contribution in [-0.4, -0.2) is 53.7 Å². The number of aryl methyl sites for hydroxylation is 1. The van der Waals surface area contributed by atoms with Crippen LogP contribution in [0.4, 0.5) is 4.39 Å². The van der Waals surface area contributed by atoms with Gasteiger partial charge in [0, 0.05) is 17.8 Å². The molecular formula is C35H50FN3O2S. The van der Waals surface area contributed by atoms with E-state index in [9.17, 15) is 9.18 Å². The Morgan fingerprint density at radius 1 is 1.02 bits per heavy atom. The molecule has 0 bridgehead atoms. The summed E-state index contributed by atoms with van der Waals surface area (Å²) in [7, 11) is 1.65. The van der Waals surface area contributed by atoms with Crippen molar-refractivity contribution in [2.45, 2.75) is 84.1 Å². The number of aliphatic carboxylic acids is 1. The summed E-state index contributed by atoms with van der Waals surface area (Å²) in [6.07, 6.45) is 10.6. The van der Waals surface area contributed by atoms with E-state index in [1.165, 1.54) is 86.6 Å². The van der Waals surface area contributed by atoms with Gasteiger partial charge < -0.3 is 15.3 Å². The van der Waals surface area contributed by atoms with Crippen molar-refractivity contribution < 1.29 is 14.3 Å². The van der Waals surface area contributed by atoms with E-state index in [2.05, 4.69) is 47.5 Å². The zero-order chi connectivity index (χ0) is 30.3. The maximum atomic E-state index is 11.9. The van der Waals surface area contributed by atoms with Crippen molar-refractivity contribution in [1.82, 2.24) is 15.2 Å². The SMILES string of the molecule is CCc1nc(Cc2ccccc2)sc1C1CCN(CC2CCCC2)CC1.CNC(C(=O)O)C(C)C.Fc1ccccc1. The molecule has 5 rings (SSSR count). The van der Waals surface area contributed by atoms with Gasteiger partial charge in [-0.05, 0) is 87.7 Å². The quantitative estimate of drug-likeness (QED) is 0.264. The fourth-order valence-electron chi connectivity index (χ4n) is 5.93. The minimum Gasteiger partial charge on any atom is -0.480 e. The molecule has 230 valence electrons. The van der Waals surface area contributed by atoms with Crippen molar-refractivity contribution in [3.8, 4) is 0 Å². The van der Waals surface area contributed by atoms with E-state index in [-0.39, 0.29) is 11.7 Å². The number of thiazole rings is 1. The molecule has 1 aliphatic carbocycles. The number of carboxylic acids is 1. The van der Waals surface area contributed by atoms with Crippen molar-refractivity contribution in [3.05, 3.63) is 87.6 Å². The Balaban J connectivity index is 0.000000248. The standard InChI is InChI=1S/C23H32N2S.C6H5F.C6H13NO2/c1-2-21-23(26-22(24-21)16-18-8-4-3-5-9-18)20-12-14-25(15-13-20)17-19-10-6-7-11-19;7-6-4-2-1-3-5-6;1-4(2)5(7-3)6(8)9/h3-5,8-9,19-20H,2,6-7,10-17H2,1H3;1-5H;4-5,7H,1-3H3,(H,8,9). The lowest BCUT2D eigenvalue weighted by molar-refractivity contribution is -0.140. The number of aromatic nitrogens is 1. The van der Waals surface area contributed by atoms with Gasteiger partial charge in [0.2, 0.25) is 0 Å². The molecule has 2 N–H and O–H groups in total. The summed E-state index contributed by atoms with van der Waals surface area (Å²) in [5, 5.41) is 12.5. The van der Waals surface area contributed by atoms with Crippen LogP contribution in [0.2, 0.25) is 0 Å². The van der Waals surface area contributed by atoms with Crippen LogP contribution in [-0.2, 0) is 17.6 Å². The number of hydrogen-bond donors (Lipinski definition) is 2. The average molecular weight is 596 g/mol. The highest BCUT2D eigenvalue weighted by Gasteiger charge is 2.27. The number of piperidine rings is 1. The van der Waals surface area contributed by atoms with Crippen LogP contribution in [0.25, 0.3) is 0 Å². The van der Waals surface area contributed by atoms with E-state index in [1.807, 2.05) is 25.2 Å². The Morgan fingerprint density at radius 2 is 1.62 bits per heavy atom. The first-order valence-corrected chi connectivity index (χ1v) is 16.5. The Labute approximate surface area is 256 Å². The zero-order valence-corrected chi connectivity index (χ0v) is 26.7. The van der Waals surface area contributed by atoms with E-state index in [0.29, 0.717) is 0 Å². The minimum atomic E-state index is -0.785. The third kappa shape index (κ3) is 11.2. The zero-order valence-electron chi connectivity index (χ0n) is 25.9. The second-order valence-corrected chi connectivity index (χ2v) is 12.9. The minimum absolute atomic E-state index is 0.146. The number of nitrogens with one attached hydrogen (secondary N) is 1. The molecule has 42 heavy (non-hydrogen) atoms. The van der Waals surface area contributed by atoms with Crippen LogP contribution >= 0.6 is 11.3 Å². The molecule has 7 heteroatoms. The monoisotopic (exact) mass is 595 g/mol. The van der Waals surface area contributed by atoms with Crippen LogP contribution in [0.3, 0.4) is 0 Å². The van der Waals surface area contributed by atoms with Gasteiger partial charge in [0.15, 0.2) is 0 Å². The topological polar surface area (TPSA) is 65.5 Å². The lowest BCUT2D eigenvalue weighted by Gasteiger charge is -2.33. The summed E-state index contributed by atoms with van der Waals surface area (Å²) in [4.78, 5) is 19.7. The lowest BCUT2D eigenvalue weighted by atomic mass is 9.93. The number of rotatable bonds is 9. The van der Waals surface area contributed by atoms with Gasteiger partial charge in [0.05, 0.1) is 10.7 Å². The van der Waals surface area contributed by atoms with Gasteiger partial charge in [0.1, 0.15) is 11.9 Å².